The first kappa shape index (κ1) is 23.1. The second-order valence-corrected chi connectivity index (χ2v) is 10.2. The summed E-state index contributed by atoms with van der Waals surface area (Å²) >= 11 is 14.6. The van der Waals surface area contributed by atoms with Crippen LogP contribution in [0.1, 0.15) is 16.7 Å². The largest absolute Gasteiger partial charge is 0.487 e. The zero-order valence-corrected chi connectivity index (χ0v) is 21.6. The minimum Gasteiger partial charge on any atom is -0.487 e. The van der Waals surface area contributed by atoms with E-state index in [1.165, 1.54) is 11.8 Å². The lowest BCUT2D eigenvalue weighted by molar-refractivity contribution is -0.115. The molecule has 0 aromatic heterocycles. The Morgan fingerprint density at radius 2 is 1.91 bits per heavy atom. The van der Waals surface area contributed by atoms with Crippen molar-refractivity contribution in [3.8, 4) is 5.75 Å². The van der Waals surface area contributed by atoms with Gasteiger partial charge in [-0.2, -0.15) is 0 Å². The summed E-state index contributed by atoms with van der Waals surface area (Å²) in [6, 6.07) is 19.3. The number of aliphatic imine (C=N–C) groups is 1. The topological polar surface area (TPSA) is 50.7 Å². The van der Waals surface area contributed by atoms with Crippen LogP contribution >= 0.6 is 55.2 Å². The van der Waals surface area contributed by atoms with E-state index in [2.05, 4.69) is 42.2 Å². The molecule has 1 saturated heterocycles. The molecule has 0 radical (unpaired) electrons. The lowest BCUT2D eigenvalue weighted by atomic mass is 10.1. The lowest BCUT2D eigenvalue weighted by Crippen LogP contribution is -2.19. The highest BCUT2D eigenvalue weighted by molar-refractivity contribution is 9.11. The van der Waals surface area contributed by atoms with Crippen LogP contribution in [-0.2, 0) is 11.4 Å². The van der Waals surface area contributed by atoms with Crippen LogP contribution in [0.15, 0.2) is 79.5 Å². The molecule has 32 heavy (non-hydrogen) atoms. The van der Waals surface area contributed by atoms with E-state index < -0.39 is 0 Å². The Labute approximate surface area is 212 Å². The Balaban J connectivity index is 1.60. The normalized spacial score (nSPS) is 15.9. The van der Waals surface area contributed by atoms with Gasteiger partial charge >= 0.3 is 0 Å². The summed E-state index contributed by atoms with van der Waals surface area (Å²) < 4.78 is 7.77. The minimum absolute atomic E-state index is 0.211. The van der Waals surface area contributed by atoms with Gasteiger partial charge in [0.15, 0.2) is 5.17 Å². The summed E-state index contributed by atoms with van der Waals surface area (Å²) in [5, 5.41) is 3.95. The van der Waals surface area contributed by atoms with Crippen molar-refractivity contribution >= 4 is 78.1 Å². The summed E-state index contributed by atoms with van der Waals surface area (Å²) in [5.74, 6) is 0.450. The molecule has 0 spiro atoms. The van der Waals surface area contributed by atoms with Gasteiger partial charge in [0.05, 0.1) is 15.1 Å². The van der Waals surface area contributed by atoms with E-state index >= 15 is 0 Å². The maximum atomic E-state index is 12.6. The second-order valence-electron chi connectivity index (χ2n) is 7.00. The van der Waals surface area contributed by atoms with Gasteiger partial charge in [-0.3, -0.25) is 4.79 Å². The van der Waals surface area contributed by atoms with Gasteiger partial charge in [0.1, 0.15) is 12.4 Å². The van der Waals surface area contributed by atoms with E-state index in [0.717, 1.165) is 25.6 Å². The Morgan fingerprint density at radius 1 is 1.12 bits per heavy atom. The van der Waals surface area contributed by atoms with Gasteiger partial charge in [0.2, 0.25) is 0 Å². The first-order valence-electron chi connectivity index (χ1n) is 9.60. The molecular formula is C24H17Br2ClN2O2S. The molecule has 3 aromatic rings. The summed E-state index contributed by atoms with van der Waals surface area (Å²) in [6.07, 6.45) is 1.81. The van der Waals surface area contributed by atoms with Gasteiger partial charge in [-0.05, 0) is 76.1 Å². The molecule has 8 heteroatoms. The van der Waals surface area contributed by atoms with Gasteiger partial charge in [0.25, 0.3) is 5.91 Å². The molecule has 3 aromatic carbocycles. The van der Waals surface area contributed by atoms with Crippen molar-refractivity contribution in [3.05, 3.63) is 96.2 Å². The Hall–Kier alpha value is -2.06. The first-order valence-corrected chi connectivity index (χ1v) is 12.4. The number of nitrogens with zero attached hydrogens (tertiary/aromatic N) is 1. The van der Waals surface area contributed by atoms with E-state index in [1.807, 2.05) is 61.5 Å². The van der Waals surface area contributed by atoms with Crippen molar-refractivity contribution in [1.29, 1.82) is 0 Å². The molecule has 1 N–H and O–H groups in total. The van der Waals surface area contributed by atoms with Gasteiger partial charge in [0, 0.05) is 15.1 Å². The number of amidine groups is 1. The fourth-order valence-electron chi connectivity index (χ4n) is 2.96. The first-order chi connectivity index (χ1) is 15.4. The number of aryl methyl sites for hydroxylation is 1. The average molecular weight is 593 g/mol. The summed E-state index contributed by atoms with van der Waals surface area (Å²) in [4.78, 5) is 17.6. The predicted octanol–water partition coefficient (Wildman–Crippen LogP) is 7.64. The lowest BCUT2D eigenvalue weighted by Gasteiger charge is -2.12. The number of thioether (sulfide) groups is 1. The summed E-state index contributed by atoms with van der Waals surface area (Å²) in [6.45, 7) is 2.34. The molecule has 0 aliphatic carbocycles. The highest BCUT2D eigenvalue weighted by Gasteiger charge is 2.25. The average Bonchev–Trinajstić information content (AvgIpc) is 3.09. The standard InChI is InChI=1S/C24H17Br2ClN2O2S/c1-14-7-8-18(12-20(14)27)28-24-29-23(30)21(32-24)10-16-9-17(25)11-19(26)22(16)31-13-15-5-3-2-4-6-15/h2-12H,13H2,1H3,(H,28,29,30)/b21-10-. The maximum absolute atomic E-state index is 12.6. The van der Waals surface area contributed by atoms with E-state index in [1.54, 1.807) is 12.1 Å². The van der Waals surface area contributed by atoms with Gasteiger partial charge in [-0.1, -0.05) is 63.9 Å². The van der Waals surface area contributed by atoms with Crippen molar-refractivity contribution < 1.29 is 9.53 Å². The predicted molar refractivity (Wildman–Crippen MR) is 140 cm³/mol. The number of carbonyl (C=O) groups excluding carboxylic acids is 1. The highest BCUT2D eigenvalue weighted by atomic mass is 79.9. The third-order valence-corrected chi connectivity index (χ3v) is 6.95. The number of hydrogen-bond donors (Lipinski definition) is 1. The van der Waals surface area contributed by atoms with Crippen LogP contribution in [0.4, 0.5) is 5.69 Å². The van der Waals surface area contributed by atoms with Gasteiger partial charge in [-0.25, -0.2) is 4.99 Å². The molecule has 1 aliphatic rings. The minimum atomic E-state index is -0.211. The summed E-state index contributed by atoms with van der Waals surface area (Å²) in [5.41, 5.74) is 3.49. The molecular weight excluding hydrogens is 576 g/mol. The Bertz CT molecular complexity index is 1250. The van der Waals surface area contributed by atoms with Crippen molar-refractivity contribution in [2.75, 3.05) is 0 Å². The van der Waals surface area contributed by atoms with Gasteiger partial charge < -0.3 is 10.1 Å². The Kier molecular flexibility index (Phi) is 7.40. The molecule has 1 amide bonds. The molecule has 4 rings (SSSR count). The Morgan fingerprint density at radius 3 is 2.66 bits per heavy atom. The zero-order chi connectivity index (χ0) is 22.7. The third-order valence-electron chi connectivity index (χ3n) is 4.59. The quantitative estimate of drug-likeness (QED) is 0.310. The van der Waals surface area contributed by atoms with Crippen molar-refractivity contribution in [2.24, 2.45) is 4.99 Å². The van der Waals surface area contributed by atoms with E-state index in [-0.39, 0.29) is 5.91 Å². The van der Waals surface area contributed by atoms with Crippen molar-refractivity contribution in [2.45, 2.75) is 13.5 Å². The van der Waals surface area contributed by atoms with Crippen molar-refractivity contribution in [3.63, 3.8) is 0 Å². The molecule has 1 aliphatic heterocycles. The molecule has 1 fully saturated rings. The number of hydrogen-bond acceptors (Lipinski definition) is 4. The van der Waals surface area contributed by atoms with Crippen LogP contribution in [0.2, 0.25) is 5.02 Å². The number of ether oxygens (including phenoxy) is 1. The van der Waals surface area contributed by atoms with Crippen LogP contribution in [0.3, 0.4) is 0 Å². The SMILES string of the molecule is Cc1ccc(N=C2NC(=O)/C(=C/c3cc(Br)cc(Br)c3OCc3ccccc3)S2)cc1Cl. The molecule has 0 bridgehead atoms. The second kappa shape index (κ2) is 10.3. The molecule has 1 heterocycles. The maximum Gasteiger partial charge on any atom is 0.264 e. The smallest absolute Gasteiger partial charge is 0.264 e. The molecule has 0 unspecified atom stereocenters. The van der Waals surface area contributed by atoms with Crippen LogP contribution in [0, 0.1) is 6.92 Å². The number of amides is 1. The number of halogens is 3. The molecule has 0 saturated carbocycles. The molecule has 162 valence electrons. The van der Waals surface area contributed by atoms with Crippen LogP contribution in [0.25, 0.3) is 6.08 Å². The third kappa shape index (κ3) is 5.64. The monoisotopic (exact) mass is 590 g/mol. The zero-order valence-electron chi connectivity index (χ0n) is 16.9. The fraction of sp³-hybridized carbons (Fsp3) is 0.0833. The number of nitrogens with one attached hydrogen (secondary N) is 1. The molecule has 0 atom stereocenters. The molecule has 4 nitrogen and oxygen atoms in total. The number of rotatable bonds is 5. The number of benzene rings is 3. The van der Waals surface area contributed by atoms with Crippen molar-refractivity contribution in [1.82, 2.24) is 5.32 Å². The highest BCUT2D eigenvalue weighted by Crippen LogP contribution is 2.37. The van der Waals surface area contributed by atoms with E-state index in [0.29, 0.717) is 33.1 Å². The summed E-state index contributed by atoms with van der Waals surface area (Å²) in [7, 11) is 0. The fourth-order valence-corrected chi connectivity index (χ4v) is 5.34. The van der Waals surface area contributed by atoms with Crippen LogP contribution < -0.4 is 10.1 Å². The van der Waals surface area contributed by atoms with E-state index in [4.69, 9.17) is 16.3 Å². The van der Waals surface area contributed by atoms with Crippen LogP contribution in [-0.4, -0.2) is 11.1 Å². The van der Waals surface area contributed by atoms with Gasteiger partial charge in [-0.15, -0.1) is 0 Å². The van der Waals surface area contributed by atoms with E-state index in [9.17, 15) is 4.79 Å². The number of carbonyl (C=O) groups is 1. The van der Waals surface area contributed by atoms with Crippen LogP contribution in [0.5, 0.6) is 5.75 Å².